The lowest BCUT2D eigenvalue weighted by molar-refractivity contribution is -0.402. The first-order valence-corrected chi connectivity index (χ1v) is 5.38. The van der Waals surface area contributed by atoms with Crippen molar-refractivity contribution in [2.75, 3.05) is 0 Å². The maximum atomic E-state index is 10.4. The quantitative estimate of drug-likeness (QED) is 0.606. The zero-order chi connectivity index (χ0) is 13.8. The highest BCUT2D eigenvalue weighted by atomic mass is 16.6. The average Bonchev–Trinajstić information content (AvgIpc) is 2.96. The molecule has 2 heterocycles. The largest absolute Gasteiger partial charge is 0.481 e. The van der Waals surface area contributed by atoms with Crippen LogP contribution in [0, 0.1) is 10.1 Å². The maximum Gasteiger partial charge on any atom is 0.433 e. The van der Waals surface area contributed by atoms with Crippen molar-refractivity contribution in [2.24, 2.45) is 0 Å². The molecule has 2 aromatic rings. The molecule has 0 aliphatic carbocycles. The molecule has 0 unspecified atom stereocenters. The van der Waals surface area contributed by atoms with Crippen LogP contribution < -0.4 is 0 Å². The number of carbonyl (C=O) groups is 1. The summed E-state index contributed by atoms with van der Waals surface area (Å²) in [4.78, 5) is 20.2. The number of furan rings is 1. The molecule has 0 aliphatic heterocycles. The predicted octanol–water partition coefficient (Wildman–Crippen LogP) is 0.845. The van der Waals surface area contributed by atoms with Crippen LogP contribution in [-0.4, -0.2) is 31.0 Å². The SMILES string of the molecule is O=C(O)CCc1cn(Cc2ccc([N+](=O)[O-])o2)nn1. The molecule has 0 atom stereocenters. The first kappa shape index (κ1) is 12.7. The van der Waals surface area contributed by atoms with Gasteiger partial charge in [0.15, 0.2) is 0 Å². The second kappa shape index (κ2) is 5.29. The Morgan fingerprint density at radius 1 is 1.53 bits per heavy atom. The number of hydrogen-bond acceptors (Lipinski definition) is 6. The van der Waals surface area contributed by atoms with E-state index in [1.807, 2.05) is 0 Å². The molecule has 19 heavy (non-hydrogen) atoms. The fourth-order valence-electron chi connectivity index (χ4n) is 1.47. The maximum absolute atomic E-state index is 10.4. The highest BCUT2D eigenvalue weighted by Crippen LogP contribution is 2.16. The summed E-state index contributed by atoms with van der Waals surface area (Å²) in [6, 6.07) is 2.74. The second-order valence-corrected chi connectivity index (χ2v) is 3.80. The van der Waals surface area contributed by atoms with Crippen LogP contribution in [0.2, 0.25) is 0 Å². The van der Waals surface area contributed by atoms with E-state index < -0.39 is 10.9 Å². The topological polar surface area (TPSA) is 124 Å². The third-order valence-electron chi connectivity index (χ3n) is 2.33. The molecule has 0 spiro atoms. The number of carboxylic acid groups (broad SMARTS) is 1. The first-order valence-electron chi connectivity index (χ1n) is 5.38. The molecular weight excluding hydrogens is 256 g/mol. The second-order valence-electron chi connectivity index (χ2n) is 3.80. The van der Waals surface area contributed by atoms with Crippen molar-refractivity contribution in [3.05, 3.63) is 39.9 Å². The molecule has 0 fully saturated rings. The minimum atomic E-state index is -0.906. The molecule has 0 amide bonds. The van der Waals surface area contributed by atoms with Gasteiger partial charge in [0.25, 0.3) is 0 Å². The van der Waals surface area contributed by atoms with Crippen molar-refractivity contribution in [1.82, 2.24) is 15.0 Å². The van der Waals surface area contributed by atoms with Crippen LogP contribution in [-0.2, 0) is 17.8 Å². The normalized spacial score (nSPS) is 10.5. The predicted molar refractivity (Wildman–Crippen MR) is 60.4 cm³/mol. The molecule has 0 aliphatic rings. The third kappa shape index (κ3) is 3.37. The van der Waals surface area contributed by atoms with E-state index in [0.717, 1.165) is 0 Å². The molecule has 0 saturated heterocycles. The Morgan fingerprint density at radius 2 is 2.32 bits per heavy atom. The lowest BCUT2D eigenvalue weighted by Gasteiger charge is -1.94. The highest BCUT2D eigenvalue weighted by Gasteiger charge is 2.12. The number of nitro groups is 1. The average molecular weight is 266 g/mol. The van der Waals surface area contributed by atoms with E-state index in [-0.39, 0.29) is 25.3 Å². The molecule has 2 rings (SSSR count). The van der Waals surface area contributed by atoms with Crippen molar-refractivity contribution in [2.45, 2.75) is 19.4 Å². The number of aliphatic carboxylic acids is 1. The van der Waals surface area contributed by atoms with Gasteiger partial charge in [-0.05, 0) is 6.07 Å². The summed E-state index contributed by atoms with van der Waals surface area (Å²) in [6.07, 6.45) is 1.84. The molecule has 1 N–H and O–H groups in total. The summed E-state index contributed by atoms with van der Waals surface area (Å²) >= 11 is 0. The number of aromatic nitrogens is 3. The van der Waals surface area contributed by atoms with E-state index in [4.69, 9.17) is 9.52 Å². The lowest BCUT2D eigenvalue weighted by Crippen LogP contribution is -1.99. The van der Waals surface area contributed by atoms with Gasteiger partial charge in [-0.1, -0.05) is 5.21 Å². The fourth-order valence-corrected chi connectivity index (χ4v) is 1.47. The molecule has 100 valence electrons. The Labute approximate surface area is 106 Å². The van der Waals surface area contributed by atoms with Crippen molar-refractivity contribution >= 4 is 11.9 Å². The van der Waals surface area contributed by atoms with Gasteiger partial charge in [-0.25, -0.2) is 4.68 Å². The van der Waals surface area contributed by atoms with Gasteiger partial charge in [0.2, 0.25) is 0 Å². The number of hydrogen-bond donors (Lipinski definition) is 1. The van der Waals surface area contributed by atoms with Crippen LogP contribution in [0.3, 0.4) is 0 Å². The third-order valence-corrected chi connectivity index (χ3v) is 2.33. The van der Waals surface area contributed by atoms with Crippen LogP contribution >= 0.6 is 0 Å². The van der Waals surface area contributed by atoms with Gasteiger partial charge in [0.05, 0.1) is 18.2 Å². The van der Waals surface area contributed by atoms with Crippen molar-refractivity contribution in [3.63, 3.8) is 0 Å². The molecule has 9 nitrogen and oxygen atoms in total. The van der Waals surface area contributed by atoms with Crippen molar-refractivity contribution in [1.29, 1.82) is 0 Å². The minimum absolute atomic E-state index is 0.0229. The summed E-state index contributed by atoms with van der Waals surface area (Å²) in [5.74, 6) is -0.862. The van der Waals surface area contributed by atoms with Crippen LogP contribution in [0.5, 0.6) is 0 Å². The summed E-state index contributed by atoms with van der Waals surface area (Å²) in [5, 5.41) is 26.6. The van der Waals surface area contributed by atoms with E-state index in [1.54, 1.807) is 6.20 Å². The number of aryl methyl sites for hydroxylation is 1. The van der Waals surface area contributed by atoms with Crippen LogP contribution in [0.4, 0.5) is 5.88 Å². The van der Waals surface area contributed by atoms with Gasteiger partial charge < -0.3 is 9.52 Å². The Balaban J connectivity index is 1.98. The monoisotopic (exact) mass is 266 g/mol. The fraction of sp³-hybridized carbons (Fsp3) is 0.300. The van der Waals surface area contributed by atoms with E-state index in [1.165, 1.54) is 16.8 Å². The van der Waals surface area contributed by atoms with Crippen molar-refractivity contribution < 1.29 is 19.2 Å². The Morgan fingerprint density at radius 3 is 2.95 bits per heavy atom. The lowest BCUT2D eigenvalue weighted by atomic mass is 10.2. The summed E-state index contributed by atoms with van der Waals surface area (Å²) in [6.45, 7) is 0.202. The van der Waals surface area contributed by atoms with Crippen molar-refractivity contribution in [3.8, 4) is 0 Å². The van der Waals surface area contributed by atoms with Gasteiger partial charge in [-0.15, -0.1) is 5.10 Å². The van der Waals surface area contributed by atoms with E-state index >= 15 is 0 Å². The standard InChI is InChI=1S/C10H10N4O5/c15-10(16)4-1-7-5-13(12-11-7)6-8-2-3-9(19-8)14(17)18/h2-3,5H,1,4,6H2,(H,15,16). The zero-order valence-corrected chi connectivity index (χ0v) is 9.72. The van der Waals surface area contributed by atoms with Crippen LogP contribution in [0.1, 0.15) is 17.9 Å². The Hall–Kier alpha value is -2.71. The first-order chi connectivity index (χ1) is 9.04. The van der Waals surface area contributed by atoms with Crippen LogP contribution in [0.15, 0.2) is 22.7 Å². The Bertz CT molecular complexity index is 603. The van der Waals surface area contributed by atoms with E-state index in [9.17, 15) is 14.9 Å². The summed E-state index contributed by atoms with van der Waals surface area (Å²) in [7, 11) is 0. The zero-order valence-electron chi connectivity index (χ0n) is 9.72. The summed E-state index contributed by atoms with van der Waals surface area (Å²) < 4.78 is 6.40. The van der Waals surface area contributed by atoms with Gasteiger partial charge in [-0.3, -0.25) is 14.9 Å². The van der Waals surface area contributed by atoms with Gasteiger partial charge in [0.1, 0.15) is 17.2 Å². The Kier molecular flexibility index (Phi) is 3.55. The summed E-state index contributed by atoms with van der Waals surface area (Å²) in [5.41, 5.74) is 0.545. The van der Waals surface area contributed by atoms with E-state index in [2.05, 4.69) is 10.3 Å². The molecule has 0 saturated carbocycles. The smallest absolute Gasteiger partial charge is 0.433 e. The molecule has 2 aromatic heterocycles. The van der Waals surface area contributed by atoms with Crippen LogP contribution in [0.25, 0.3) is 0 Å². The van der Waals surface area contributed by atoms with Gasteiger partial charge in [0, 0.05) is 12.6 Å². The molecule has 0 bridgehead atoms. The van der Waals surface area contributed by atoms with Gasteiger partial charge >= 0.3 is 11.9 Å². The number of nitrogens with zero attached hydrogens (tertiary/aromatic N) is 4. The molecular formula is C10H10N4O5. The number of rotatable bonds is 6. The number of carboxylic acids is 1. The highest BCUT2D eigenvalue weighted by molar-refractivity contribution is 5.66. The molecule has 0 radical (unpaired) electrons. The molecule has 0 aromatic carbocycles. The molecule has 9 heteroatoms. The van der Waals surface area contributed by atoms with Gasteiger partial charge in [-0.2, -0.15) is 0 Å². The minimum Gasteiger partial charge on any atom is -0.481 e. The van der Waals surface area contributed by atoms with E-state index in [0.29, 0.717) is 11.5 Å².